The van der Waals surface area contributed by atoms with Gasteiger partial charge in [-0.1, -0.05) is 24.3 Å². The van der Waals surface area contributed by atoms with E-state index in [9.17, 15) is 0 Å². The van der Waals surface area contributed by atoms with Crippen molar-refractivity contribution >= 4 is 6.21 Å². The smallest absolute Gasteiger partial charge is 0.0253 e. The van der Waals surface area contributed by atoms with E-state index >= 15 is 0 Å². The SMILES string of the molecule is C/C=C\C1=CCCC=C1C=N. The fourth-order valence-electron chi connectivity index (χ4n) is 1.20. The molecule has 0 aromatic carbocycles. The molecule has 0 atom stereocenters. The zero-order valence-electron chi connectivity index (χ0n) is 6.80. The summed E-state index contributed by atoms with van der Waals surface area (Å²) in [6.45, 7) is 2.00. The lowest BCUT2D eigenvalue weighted by Crippen LogP contribution is -1.92. The Bertz CT molecular complexity index is 231. The second-order valence-corrected chi connectivity index (χ2v) is 2.54. The minimum atomic E-state index is 1.05. The van der Waals surface area contributed by atoms with Crippen LogP contribution in [0.1, 0.15) is 19.8 Å². The van der Waals surface area contributed by atoms with E-state index in [2.05, 4.69) is 18.2 Å². The van der Waals surface area contributed by atoms with Gasteiger partial charge in [-0.3, -0.25) is 0 Å². The van der Waals surface area contributed by atoms with Crippen molar-refractivity contribution in [3.05, 3.63) is 35.5 Å². The van der Waals surface area contributed by atoms with Crippen LogP contribution in [0.2, 0.25) is 0 Å². The van der Waals surface area contributed by atoms with Crippen LogP contribution >= 0.6 is 0 Å². The number of hydrogen-bond acceptors (Lipinski definition) is 1. The fourth-order valence-corrected chi connectivity index (χ4v) is 1.20. The molecule has 0 aromatic rings. The van der Waals surface area contributed by atoms with E-state index in [1.54, 1.807) is 0 Å². The van der Waals surface area contributed by atoms with Gasteiger partial charge in [0.25, 0.3) is 0 Å². The van der Waals surface area contributed by atoms with Crippen LogP contribution in [0.15, 0.2) is 35.5 Å². The first kappa shape index (κ1) is 7.99. The molecule has 0 saturated carbocycles. The van der Waals surface area contributed by atoms with E-state index in [0.29, 0.717) is 0 Å². The zero-order chi connectivity index (χ0) is 8.10. The van der Waals surface area contributed by atoms with Crippen molar-refractivity contribution < 1.29 is 0 Å². The van der Waals surface area contributed by atoms with Gasteiger partial charge in [0.2, 0.25) is 0 Å². The Morgan fingerprint density at radius 2 is 1.91 bits per heavy atom. The van der Waals surface area contributed by atoms with Crippen molar-refractivity contribution in [1.29, 1.82) is 5.41 Å². The van der Waals surface area contributed by atoms with Gasteiger partial charge < -0.3 is 5.41 Å². The predicted molar refractivity (Wildman–Crippen MR) is 49.0 cm³/mol. The summed E-state index contributed by atoms with van der Waals surface area (Å²) in [5, 5.41) is 7.14. The van der Waals surface area contributed by atoms with Gasteiger partial charge in [-0.05, 0) is 30.9 Å². The van der Waals surface area contributed by atoms with Gasteiger partial charge in [0.1, 0.15) is 0 Å². The maximum absolute atomic E-state index is 7.14. The van der Waals surface area contributed by atoms with Crippen molar-refractivity contribution in [1.82, 2.24) is 0 Å². The van der Waals surface area contributed by atoms with Crippen LogP contribution in [0, 0.1) is 5.41 Å². The van der Waals surface area contributed by atoms with Crippen molar-refractivity contribution in [2.24, 2.45) is 0 Å². The summed E-state index contributed by atoms with van der Waals surface area (Å²) >= 11 is 0. The number of hydrogen-bond donors (Lipinski definition) is 1. The molecule has 0 amide bonds. The Labute approximate surface area is 67.6 Å². The van der Waals surface area contributed by atoms with E-state index in [0.717, 1.165) is 18.4 Å². The minimum Gasteiger partial charge on any atom is -0.308 e. The van der Waals surface area contributed by atoms with Crippen LogP contribution in [-0.2, 0) is 0 Å². The minimum absolute atomic E-state index is 1.05. The largest absolute Gasteiger partial charge is 0.308 e. The van der Waals surface area contributed by atoms with E-state index in [-0.39, 0.29) is 0 Å². The molecule has 0 bridgehead atoms. The Hall–Kier alpha value is -1.11. The van der Waals surface area contributed by atoms with E-state index < -0.39 is 0 Å². The molecule has 1 nitrogen and oxygen atoms in total. The standard InChI is InChI=1S/C10H13N/c1-2-5-9-6-3-4-7-10(9)8-11/h2,5-8,11H,3-4H2,1H3/b5-2-,11-8?. The summed E-state index contributed by atoms with van der Waals surface area (Å²) < 4.78 is 0. The first-order valence-electron chi connectivity index (χ1n) is 3.92. The molecule has 0 radical (unpaired) electrons. The highest BCUT2D eigenvalue weighted by molar-refractivity contribution is 5.84. The monoisotopic (exact) mass is 147 g/mol. The normalized spacial score (nSPS) is 17.9. The molecule has 0 unspecified atom stereocenters. The molecule has 0 fully saturated rings. The van der Waals surface area contributed by atoms with Crippen LogP contribution in [0.25, 0.3) is 0 Å². The molecule has 0 aliphatic heterocycles. The molecular formula is C10H13N. The molecule has 1 heteroatoms. The van der Waals surface area contributed by atoms with Crippen molar-refractivity contribution in [3.8, 4) is 0 Å². The maximum Gasteiger partial charge on any atom is 0.0253 e. The number of rotatable bonds is 2. The average molecular weight is 147 g/mol. The Morgan fingerprint density at radius 1 is 1.27 bits per heavy atom. The molecule has 1 rings (SSSR count). The fraction of sp³-hybridized carbons (Fsp3) is 0.300. The van der Waals surface area contributed by atoms with Crippen molar-refractivity contribution in [2.45, 2.75) is 19.8 Å². The molecule has 0 heterocycles. The lowest BCUT2D eigenvalue weighted by atomic mass is 9.98. The Morgan fingerprint density at radius 3 is 2.45 bits per heavy atom. The molecule has 1 N–H and O–H groups in total. The second kappa shape index (κ2) is 3.91. The van der Waals surface area contributed by atoms with Crippen LogP contribution < -0.4 is 0 Å². The molecule has 58 valence electrons. The third-order valence-corrected chi connectivity index (χ3v) is 1.73. The number of allylic oxidation sites excluding steroid dienone is 6. The van der Waals surface area contributed by atoms with E-state index in [1.807, 2.05) is 13.0 Å². The third-order valence-electron chi connectivity index (χ3n) is 1.73. The highest BCUT2D eigenvalue weighted by Crippen LogP contribution is 2.17. The molecule has 1 aliphatic rings. The molecule has 0 saturated heterocycles. The zero-order valence-corrected chi connectivity index (χ0v) is 6.80. The van der Waals surface area contributed by atoms with Crippen LogP contribution in [-0.4, -0.2) is 6.21 Å². The lowest BCUT2D eigenvalue weighted by molar-refractivity contribution is 1.02. The molecule has 0 aromatic heterocycles. The molecular weight excluding hydrogens is 134 g/mol. The molecule has 1 aliphatic carbocycles. The Kier molecular flexibility index (Phi) is 2.84. The quantitative estimate of drug-likeness (QED) is 0.581. The van der Waals surface area contributed by atoms with Crippen molar-refractivity contribution in [3.63, 3.8) is 0 Å². The van der Waals surface area contributed by atoms with Gasteiger partial charge in [0.05, 0.1) is 0 Å². The summed E-state index contributed by atoms with van der Waals surface area (Å²) in [5.74, 6) is 0. The highest BCUT2D eigenvalue weighted by atomic mass is 14.3. The topological polar surface area (TPSA) is 23.9 Å². The summed E-state index contributed by atoms with van der Waals surface area (Å²) in [6, 6.07) is 0. The maximum atomic E-state index is 7.14. The van der Waals surface area contributed by atoms with Crippen LogP contribution in [0.3, 0.4) is 0 Å². The van der Waals surface area contributed by atoms with Gasteiger partial charge in [-0.2, -0.15) is 0 Å². The molecule has 0 spiro atoms. The van der Waals surface area contributed by atoms with Crippen LogP contribution in [0.5, 0.6) is 0 Å². The lowest BCUT2D eigenvalue weighted by Gasteiger charge is -2.07. The predicted octanol–water partition coefficient (Wildman–Crippen LogP) is 2.86. The number of nitrogens with one attached hydrogen (secondary N) is 1. The van der Waals surface area contributed by atoms with Gasteiger partial charge in [0.15, 0.2) is 0 Å². The van der Waals surface area contributed by atoms with Gasteiger partial charge in [-0.15, -0.1) is 0 Å². The second-order valence-electron chi connectivity index (χ2n) is 2.54. The third kappa shape index (κ3) is 1.90. The van der Waals surface area contributed by atoms with Crippen LogP contribution in [0.4, 0.5) is 0 Å². The Balaban J connectivity index is 2.83. The summed E-state index contributed by atoms with van der Waals surface area (Å²) in [4.78, 5) is 0. The highest BCUT2D eigenvalue weighted by Gasteiger charge is 2.01. The summed E-state index contributed by atoms with van der Waals surface area (Å²) in [5.41, 5.74) is 2.24. The average Bonchev–Trinajstić information content (AvgIpc) is 2.06. The van der Waals surface area contributed by atoms with Crippen molar-refractivity contribution in [2.75, 3.05) is 0 Å². The van der Waals surface area contributed by atoms with E-state index in [4.69, 9.17) is 5.41 Å². The molecule has 11 heavy (non-hydrogen) atoms. The van der Waals surface area contributed by atoms with Gasteiger partial charge in [-0.25, -0.2) is 0 Å². The van der Waals surface area contributed by atoms with Gasteiger partial charge >= 0.3 is 0 Å². The van der Waals surface area contributed by atoms with Gasteiger partial charge in [0, 0.05) is 6.21 Å². The first-order valence-corrected chi connectivity index (χ1v) is 3.92. The summed E-state index contributed by atoms with van der Waals surface area (Å²) in [7, 11) is 0. The first-order chi connectivity index (χ1) is 5.38. The summed E-state index contributed by atoms with van der Waals surface area (Å²) in [6.07, 6.45) is 12.0. The van der Waals surface area contributed by atoms with E-state index in [1.165, 1.54) is 11.8 Å².